The van der Waals surface area contributed by atoms with E-state index in [-0.39, 0.29) is 23.9 Å². The Morgan fingerprint density at radius 1 is 1.12 bits per heavy atom. The number of aryl methyl sites for hydroxylation is 2. The molecule has 3 aromatic rings. The van der Waals surface area contributed by atoms with Crippen molar-refractivity contribution in [2.75, 3.05) is 11.9 Å². The van der Waals surface area contributed by atoms with Gasteiger partial charge in [0.1, 0.15) is 5.82 Å². The summed E-state index contributed by atoms with van der Waals surface area (Å²) < 4.78 is 0. The monoisotopic (exact) mass is 494 g/mol. The van der Waals surface area contributed by atoms with Crippen molar-refractivity contribution in [1.82, 2.24) is 24.8 Å². The van der Waals surface area contributed by atoms with E-state index < -0.39 is 0 Å². The summed E-state index contributed by atoms with van der Waals surface area (Å²) in [7, 11) is 0. The molecule has 1 aliphatic carbocycles. The molecule has 2 amide bonds. The van der Waals surface area contributed by atoms with Gasteiger partial charge in [-0.2, -0.15) is 0 Å². The highest BCUT2D eigenvalue weighted by Crippen LogP contribution is 2.42. The van der Waals surface area contributed by atoms with E-state index in [0.717, 1.165) is 58.6 Å². The fourth-order valence-corrected chi connectivity index (χ4v) is 7.21. The van der Waals surface area contributed by atoms with Gasteiger partial charge in [-0.05, 0) is 51.7 Å². The van der Waals surface area contributed by atoms with Gasteiger partial charge in [-0.15, -0.1) is 22.7 Å². The molecule has 0 spiro atoms. The Bertz CT molecular complexity index is 1240. The minimum Gasteiger partial charge on any atom is -0.340 e. The summed E-state index contributed by atoms with van der Waals surface area (Å²) >= 11 is 3.17. The number of aromatic nitrogens is 3. The van der Waals surface area contributed by atoms with Gasteiger partial charge in [0.15, 0.2) is 5.13 Å². The van der Waals surface area contributed by atoms with E-state index in [4.69, 9.17) is 0 Å². The van der Waals surface area contributed by atoms with Gasteiger partial charge < -0.3 is 15.1 Å². The fraction of sp³-hybridized carbons (Fsp3) is 0.458. The highest BCUT2D eigenvalue weighted by molar-refractivity contribution is 7.16. The van der Waals surface area contributed by atoms with Gasteiger partial charge in [0.2, 0.25) is 5.91 Å². The number of hydrogen-bond donors (Lipinski definition) is 1. The van der Waals surface area contributed by atoms with Crippen molar-refractivity contribution in [3.8, 4) is 10.6 Å². The number of rotatable bonds is 5. The van der Waals surface area contributed by atoms with Crippen LogP contribution in [0.3, 0.4) is 0 Å². The normalized spacial score (nSPS) is 23.8. The van der Waals surface area contributed by atoms with Crippen molar-refractivity contribution in [3.05, 3.63) is 40.0 Å². The summed E-state index contributed by atoms with van der Waals surface area (Å²) in [5, 5.41) is 7.05. The van der Waals surface area contributed by atoms with Crippen LogP contribution in [0.2, 0.25) is 0 Å². The van der Waals surface area contributed by atoms with Crippen molar-refractivity contribution >= 4 is 45.4 Å². The zero-order valence-electron chi connectivity index (χ0n) is 19.2. The van der Waals surface area contributed by atoms with Crippen LogP contribution in [-0.4, -0.2) is 61.2 Å². The number of likely N-dealkylation sites (tertiary alicyclic amines) is 1. The molecule has 0 radical (unpaired) electrons. The lowest BCUT2D eigenvalue weighted by Crippen LogP contribution is -2.66. The SMILES string of the molecule is Cc1nc(C)c(-c2csc(Nc3ccc(C(=O)N4C5CC(N6CCCC6=O)C[C@H]4C5)cn3)n2)s1. The molecule has 34 heavy (non-hydrogen) atoms. The number of pyridine rings is 1. The lowest BCUT2D eigenvalue weighted by molar-refractivity contribution is -0.133. The van der Waals surface area contributed by atoms with Gasteiger partial charge in [0, 0.05) is 42.7 Å². The molecular formula is C24H26N6O2S2. The molecule has 6 heterocycles. The smallest absolute Gasteiger partial charge is 0.255 e. The minimum atomic E-state index is 0.0408. The summed E-state index contributed by atoms with van der Waals surface area (Å²) in [6.07, 6.45) is 6.12. The van der Waals surface area contributed by atoms with Crippen LogP contribution in [0, 0.1) is 13.8 Å². The number of fused-ring (bicyclic) bond motifs is 2. The van der Waals surface area contributed by atoms with Crippen LogP contribution < -0.4 is 5.32 Å². The second-order valence-corrected chi connectivity index (χ2v) is 11.4. The van der Waals surface area contributed by atoms with Crippen LogP contribution in [0.5, 0.6) is 0 Å². The van der Waals surface area contributed by atoms with Gasteiger partial charge >= 0.3 is 0 Å². The third kappa shape index (κ3) is 3.78. The molecule has 4 aliphatic rings. The molecule has 0 aromatic carbocycles. The summed E-state index contributed by atoms with van der Waals surface area (Å²) in [6, 6.07) is 4.43. The summed E-state index contributed by atoms with van der Waals surface area (Å²) in [5.41, 5.74) is 2.52. The van der Waals surface area contributed by atoms with E-state index in [1.807, 2.05) is 41.2 Å². The molecule has 3 atom stereocenters. The van der Waals surface area contributed by atoms with Crippen LogP contribution in [-0.2, 0) is 4.79 Å². The molecule has 7 rings (SSSR count). The molecule has 3 aliphatic heterocycles. The predicted molar refractivity (Wildman–Crippen MR) is 133 cm³/mol. The van der Waals surface area contributed by atoms with Gasteiger partial charge in [-0.1, -0.05) is 0 Å². The number of carbonyl (C=O) groups is 2. The number of thiazole rings is 2. The Hall–Kier alpha value is -2.85. The predicted octanol–water partition coefficient (Wildman–Crippen LogP) is 4.39. The Balaban J connectivity index is 1.09. The zero-order chi connectivity index (χ0) is 23.4. The van der Waals surface area contributed by atoms with E-state index in [2.05, 4.69) is 20.3 Å². The van der Waals surface area contributed by atoms with Crippen molar-refractivity contribution in [2.24, 2.45) is 0 Å². The molecule has 8 nitrogen and oxygen atoms in total. The number of nitrogens with one attached hydrogen (secondary N) is 1. The van der Waals surface area contributed by atoms with E-state index in [9.17, 15) is 9.59 Å². The molecule has 3 saturated heterocycles. The molecule has 1 N–H and O–H groups in total. The average molecular weight is 495 g/mol. The second-order valence-electron chi connectivity index (χ2n) is 9.31. The molecule has 1 saturated carbocycles. The first-order valence-electron chi connectivity index (χ1n) is 11.7. The van der Waals surface area contributed by atoms with Gasteiger partial charge in [0.25, 0.3) is 5.91 Å². The largest absolute Gasteiger partial charge is 0.340 e. The Morgan fingerprint density at radius 3 is 2.56 bits per heavy atom. The third-order valence-electron chi connectivity index (χ3n) is 7.09. The quantitative estimate of drug-likeness (QED) is 0.566. The Morgan fingerprint density at radius 2 is 1.91 bits per heavy atom. The standard InChI is InChI=1S/C24H26N6O2S2/c1-13-22(34-14(2)26-13)19-12-33-24(27-19)28-20-6-5-15(11-25-20)23(32)30-17-8-16(9-18(30)10-17)29-7-3-4-21(29)31/h5-6,11-12,16-18H,3-4,7-10H2,1-2H3,(H,25,27,28)/t16?,17-,18?/m0/s1. The number of hydrogen-bond acceptors (Lipinski definition) is 8. The van der Waals surface area contributed by atoms with E-state index in [1.54, 1.807) is 17.5 Å². The second kappa shape index (κ2) is 8.42. The first kappa shape index (κ1) is 21.7. The number of amides is 2. The fourth-order valence-electron chi connectivity index (χ4n) is 5.54. The van der Waals surface area contributed by atoms with Gasteiger partial charge in [-0.25, -0.2) is 15.0 Å². The van der Waals surface area contributed by atoms with E-state index in [0.29, 0.717) is 23.8 Å². The first-order chi connectivity index (χ1) is 16.5. The lowest BCUT2D eigenvalue weighted by atomic mass is 9.76. The molecule has 3 aromatic heterocycles. The van der Waals surface area contributed by atoms with Crippen LogP contribution >= 0.6 is 22.7 Å². The summed E-state index contributed by atoms with van der Waals surface area (Å²) in [6.45, 7) is 4.87. The van der Waals surface area contributed by atoms with Crippen molar-refractivity contribution in [1.29, 1.82) is 0 Å². The molecule has 2 unspecified atom stereocenters. The highest BCUT2D eigenvalue weighted by Gasteiger charge is 2.50. The van der Waals surface area contributed by atoms with E-state index >= 15 is 0 Å². The molecule has 10 heteroatoms. The van der Waals surface area contributed by atoms with Crippen LogP contribution in [0.15, 0.2) is 23.7 Å². The van der Waals surface area contributed by atoms with E-state index in [1.165, 1.54) is 11.3 Å². The zero-order valence-corrected chi connectivity index (χ0v) is 20.8. The maximum atomic E-state index is 13.2. The Kier molecular flexibility index (Phi) is 5.37. The first-order valence-corrected chi connectivity index (χ1v) is 13.4. The molecular weight excluding hydrogens is 468 g/mol. The summed E-state index contributed by atoms with van der Waals surface area (Å²) in [4.78, 5) is 44.0. The number of nitrogens with zero attached hydrogens (tertiary/aromatic N) is 5. The number of piperidine rings is 1. The molecule has 4 fully saturated rings. The van der Waals surface area contributed by atoms with Gasteiger partial charge in [0.05, 0.1) is 26.8 Å². The number of carbonyl (C=O) groups excluding carboxylic acids is 2. The third-order valence-corrected chi connectivity index (χ3v) is 8.94. The maximum absolute atomic E-state index is 13.2. The highest BCUT2D eigenvalue weighted by atomic mass is 32.1. The molecule has 2 bridgehead atoms. The summed E-state index contributed by atoms with van der Waals surface area (Å²) in [5.74, 6) is 0.978. The van der Waals surface area contributed by atoms with Crippen LogP contribution in [0.4, 0.5) is 10.9 Å². The molecule has 176 valence electrons. The maximum Gasteiger partial charge on any atom is 0.255 e. The topological polar surface area (TPSA) is 91.3 Å². The van der Waals surface area contributed by atoms with Crippen molar-refractivity contribution < 1.29 is 9.59 Å². The average Bonchev–Trinajstić information content (AvgIpc) is 3.54. The lowest BCUT2D eigenvalue weighted by Gasteiger charge is -2.56. The van der Waals surface area contributed by atoms with Crippen LogP contribution in [0.25, 0.3) is 10.6 Å². The minimum absolute atomic E-state index is 0.0408. The van der Waals surface area contributed by atoms with Crippen molar-refractivity contribution in [3.63, 3.8) is 0 Å². The van der Waals surface area contributed by atoms with Crippen LogP contribution in [0.1, 0.15) is 53.2 Å². The Labute approximate surface area is 206 Å². The van der Waals surface area contributed by atoms with Gasteiger partial charge in [-0.3, -0.25) is 9.59 Å². The van der Waals surface area contributed by atoms with Crippen molar-refractivity contribution in [2.45, 2.75) is 64.1 Å². The number of anilines is 2.